The number of alkyl halides is 3. The topological polar surface area (TPSA) is 151 Å². The molecule has 0 radical (unpaired) electrons. The molecule has 3 rings (SSSR count). The van der Waals surface area contributed by atoms with Gasteiger partial charge in [0.2, 0.25) is 5.88 Å². The first-order valence-corrected chi connectivity index (χ1v) is 10.3. The molecule has 14 heteroatoms. The number of halogens is 4. The van der Waals surface area contributed by atoms with Gasteiger partial charge in [-0.05, 0) is 25.1 Å². The van der Waals surface area contributed by atoms with Gasteiger partial charge in [0.25, 0.3) is 11.8 Å². The molecular weight excluding hydrogens is 474 g/mol. The highest BCUT2D eigenvalue weighted by atomic mass is 19.3. The number of nitrogens with two attached hydrogens (primary N) is 2. The summed E-state index contributed by atoms with van der Waals surface area (Å²) in [4.78, 5) is 28.5. The third-order valence-electron chi connectivity index (χ3n) is 4.92. The fraction of sp³-hybridized carbons (Fsp3) is 0.381. The number of nitrogens with zero attached hydrogens (tertiary/aromatic N) is 4. The lowest BCUT2D eigenvalue weighted by Crippen LogP contribution is -2.52. The predicted octanol–water partition coefficient (Wildman–Crippen LogP) is 2.38. The largest absolute Gasteiger partial charge is 0.476 e. The van der Waals surface area contributed by atoms with Crippen LogP contribution in [0.4, 0.5) is 29.2 Å². The van der Waals surface area contributed by atoms with Crippen LogP contribution in [0, 0.1) is 5.82 Å². The molecule has 0 saturated heterocycles. The monoisotopic (exact) mass is 497 g/mol. The van der Waals surface area contributed by atoms with E-state index in [1.165, 1.54) is 13.0 Å². The minimum Gasteiger partial charge on any atom is -0.476 e. The maximum Gasteiger partial charge on any atom is 0.298 e. The van der Waals surface area contributed by atoms with Crippen LogP contribution in [-0.4, -0.2) is 58.6 Å². The Morgan fingerprint density at radius 3 is 2.77 bits per heavy atom. The first-order valence-electron chi connectivity index (χ1n) is 10.3. The summed E-state index contributed by atoms with van der Waals surface area (Å²) in [6.07, 6.45) is -0.182. The van der Waals surface area contributed by atoms with Crippen molar-refractivity contribution in [3.63, 3.8) is 0 Å². The van der Waals surface area contributed by atoms with Crippen molar-refractivity contribution in [2.75, 3.05) is 30.9 Å². The van der Waals surface area contributed by atoms with Crippen molar-refractivity contribution in [1.82, 2.24) is 15.0 Å². The summed E-state index contributed by atoms with van der Waals surface area (Å²) in [5.74, 6) is -6.04. The van der Waals surface area contributed by atoms with E-state index in [1.807, 2.05) is 0 Å². The molecule has 10 nitrogen and oxygen atoms in total. The second-order valence-corrected chi connectivity index (χ2v) is 7.69. The molecule has 0 saturated carbocycles. The number of nitrogens with one attached hydrogen (secondary N) is 1. The standard InChI is InChI=1S/C21H23F4N7O3/c1-3-21(24,25)16-18(27)32-20(2,10-35-16)15-11(23)5-6-12(29-15)30-19(33)14-17(26)31-13(9-28-14)34-8-4-7-22/h3,5-6,9,16H,1,4,7-8,10H2,2H3,(H2,26,31)(H2,27,32)(H,29,30,33)/t16-,20+/m1/s1. The average Bonchev–Trinajstić information content (AvgIpc) is 2.80. The van der Waals surface area contributed by atoms with Gasteiger partial charge in [0, 0.05) is 6.42 Å². The molecule has 3 heterocycles. The molecule has 1 aliphatic heterocycles. The van der Waals surface area contributed by atoms with Crippen molar-refractivity contribution >= 4 is 23.4 Å². The van der Waals surface area contributed by atoms with E-state index in [4.69, 9.17) is 20.9 Å². The summed E-state index contributed by atoms with van der Waals surface area (Å²) in [6.45, 7) is 3.46. The molecule has 188 valence electrons. The number of pyridine rings is 1. The highest BCUT2D eigenvalue weighted by molar-refractivity contribution is 6.05. The molecule has 0 unspecified atom stereocenters. The smallest absolute Gasteiger partial charge is 0.298 e. The van der Waals surface area contributed by atoms with Gasteiger partial charge < -0.3 is 26.3 Å². The van der Waals surface area contributed by atoms with Crippen LogP contribution < -0.4 is 21.5 Å². The predicted molar refractivity (Wildman–Crippen MR) is 119 cm³/mol. The first-order chi connectivity index (χ1) is 16.5. The third kappa shape index (κ3) is 5.65. The number of aliphatic imine (C=N–C) groups is 1. The first kappa shape index (κ1) is 25.8. The summed E-state index contributed by atoms with van der Waals surface area (Å²) >= 11 is 0. The van der Waals surface area contributed by atoms with Gasteiger partial charge >= 0.3 is 0 Å². The van der Waals surface area contributed by atoms with E-state index in [0.29, 0.717) is 6.08 Å². The lowest BCUT2D eigenvalue weighted by molar-refractivity contribution is -0.0901. The zero-order valence-corrected chi connectivity index (χ0v) is 18.6. The molecule has 1 aliphatic rings. The van der Waals surface area contributed by atoms with Gasteiger partial charge in [-0.2, -0.15) is 13.8 Å². The molecular formula is C21H23F4N7O3. The van der Waals surface area contributed by atoms with Crippen LogP contribution in [0.1, 0.15) is 29.5 Å². The Balaban J connectivity index is 1.81. The highest BCUT2D eigenvalue weighted by Gasteiger charge is 2.47. The zero-order chi connectivity index (χ0) is 25.8. The lowest BCUT2D eigenvalue weighted by atomic mass is 9.96. The summed E-state index contributed by atoms with van der Waals surface area (Å²) in [7, 11) is 0. The number of aromatic nitrogens is 3. The summed E-state index contributed by atoms with van der Waals surface area (Å²) in [5, 5.41) is 2.40. The van der Waals surface area contributed by atoms with E-state index >= 15 is 0 Å². The Morgan fingerprint density at radius 2 is 2.14 bits per heavy atom. The van der Waals surface area contributed by atoms with E-state index in [-0.39, 0.29) is 41.9 Å². The third-order valence-corrected chi connectivity index (χ3v) is 4.92. The molecule has 0 aliphatic carbocycles. The van der Waals surface area contributed by atoms with Crippen LogP contribution in [0.2, 0.25) is 0 Å². The zero-order valence-electron chi connectivity index (χ0n) is 18.6. The quantitative estimate of drug-likeness (QED) is 0.271. The highest BCUT2D eigenvalue weighted by Crippen LogP contribution is 2.35. The molecule has 2 aromatic rings. The van der Waals surface area contributed by atoms with Gasteiger partial charge in [-0.1, -0.05) is 6.58 Å². The number of amides is 1. The Kier molecular flexibility index (Phi) is 7.53. The number of carbonyl (C=O) groups is 1. The van der Waals surface area contributed by atoms with Crippen LogP contribution in [0.25, 0.3) is 0 Å². The Bertz CT molecular complexity index is 1150. The molecule has 35 heavy (non-hydrogen) atoms. The molecule has 1 amide bonds. The number of rotatable bonds is 9. The van der Waals surface area contributed by atoms with Crippen LogP contribution in [-0.2, 0) is 10.3 Å². The molecule has 0 aromatic carbocycles. The van der Waals surface area contributed by atoms with E-state index in [0.717, 1.165) is 12.3 Å². The van der Waals surface area contributed by atoms with Crippen molar-refractivity contribution in [3.05, 3.63) is 48.2 Å². The minimum atomic E-state index is -3.48. The van der Waals surface area contributed by atoms with Crippen molar-refractivity contribution in [2.45, 2.75) is 30.9 Å². The average molecular weight is 497 g/mol. The molecule has 2 aromatic heterocycles. The second-order valence-electron chi connectivity index (χ2n) is 7.69. The summed E-state index contributed by atoms with van der Waals surface area (Å²) in [6, 6.07) is 2.18. The number of nitrogen functional groups attached to an aromatic ring is 1. The molecule has 0 spiro atoms. The lowest BCUT2D eigenvalue weighted by Gasteiger charge is -2.35. The fourth-order valence-electron chi connectivity index (χ4n) is 3.17. The van der Waals surface area contributed by atoms with Gasteiger partial charge in [-0.25, -0.2) is 14.4 Å². The number of anilines is 2. The summed E-state index contributed by atoms with van der Waals surface area (Å²) < 4.78 is 65.0. The molecule has 0 fully saturated rings. The van der Waals surface area contributed by atoms with Crippen LogP contribution in [0.15, 0.2) is 36.0 Å². The van der Waals surface area contributed by atoms with E-state index < -0.39 is 48.4 Å². The minimum absolute atomic E-state index is 0.00991. The SMILES string of the molecule is C=CC(F)(F)[C@@H]1OC[C@@](C)(c2nc(NC(=O)c3ncc(OCCCF)nc3N)ccc2F)N=C1N. The fourth-order valence-corrected chi connectivity index (χ4v) is 3.17. The normalized spacial score (nSPS) is 20.1. The molecule has 2 atom stereocenters. The van der Waals surface area contributed by atoms with Gasteiger partial charge in [0.15, 0.2) is 17.6 Å². The van der Waals surface area contributed by atoms with Crippen molar-refractivity contribution in [2.24, 2.45) is 10.7 Å². The van der Waals surface area contributed by atoms with Gasteiger partial charge in [0.05, 0.1) is 26.1 Å². The number of hydrogen-bond donors (Lipinski definition) is 3. The Morgan fingerprint density at radius 1 is 1.40 bits per heavy atom. The van der Waals surface area contributed by atoms with E-state index in [9.17, 15) is 22.4 Å². The van der Waals surface area contributed by atoms with Gasteiger partial charge in [-0.15, -0.1) is 0 Å². The van der Waals surface area contributed by atoms with Gasteiger partial charge in [0.1, 0.15) is 28.7 Å². The summed E-state index contributed by atoms with van der Waals surface area (Å²) in [5.41, 5.74) is 9.33. The van der Waals surface area contributed by atoms with E-state index in [2.05, 4.69) is 31.8 Å². The van der Waals surface area contributed by atoms with E-state index in [1.54, 1.807) is 0 Å². The second kappa shape index (κ2) is 10.2. The Labute approximate surface area is 197 Å². The van der Waals surface area contributed by atoms with Crippen LogP contribution in [0.5, 0.6) is 5.88 Å². The molecule has 0 bridgehead atoms. The number of carbonyl (C=O) groups excluding carboxylic acids is 1. The van der Waals surface area contributed by atoms with Crippen molar-refractivity contribution in [1.29, 1.82) is 0 Å². The number of hydrogen-bond acceptors (Lipinski definition) is 9. The van der Waals surface area contributed by atoms with Crippen molar-refractivity contribution < 1.29 is 31.8 Å². The number of amidine groups is 1. The maximum absolute atomic E-state index is 14.6. The van der Waals surface area contributed by atoms with Crippen LogP contribution >= 0.6 is 0 Å². The van der Waals surface area contributed by atoms with Gasteiger partial charge in [-0.3, -0.25) is 14.2 Å². The van der Waals surface area contributed by atoms with Crippen LogP contribution in [0.3, 0.4) is 0 Å². The molecule has 5 N–H and O–H groups in total. The maximum atomic E-state index is 14.6. The van der Waals surface area contributed by atoms with Crippen molar-refractivity contribution in [3.8, 4) is 5.88 Å². The Hall–Kier alpha value is -3.81. The number of ether oxygens (including phenoxy) is 2.